The molecule has 0 bridgehead atoms. The lowest BCUT2D eigenvalue weighted by molar-refractivity contribution is -0.167. The zero-order valence-electron chi connectivity index (χ0n) is 41.6. The molecule has 0 aromatic rings. The van der Waals surface area contributed by atoms with E-state index in [1.54, 1.807) is 0 Å². The molecule has 0 fully saturated rings. The first-order valence-electron chi connectivity index (χ1n) is 26.8. The molecule has 0 N–H and O–H groups in total. The number of ether oxygens (including phenoxy) is 3. The highest BCUT2D eigenvalue weighted by atomic mass is 16.6. The summed E-state index contributed by atoms with van der Waals surface area (Å²) >= 11 is 0. The molecule has 0 aliphatic rings. The van der Waals surface area contributed by atoms with Crippen LogP contribution in [0.15, 0.2) is 60.8 Å². The third kappa shape index (κ3) is 50.0. The van der Waals surface area contributed by atoms with Crippen LogP contribution in [0.4, 0.5) is 0 Å². The van der Waals surface area contributed by atoms with Crippen LogP contribution in [0.25, 0.3) is 0 Å². The third-order valence-corrected chi connectivity index (χ3v) is 11.4. The minimum absolute atomic E-state index is 0.0875. The van der Waals surface area contributed by atoms with Gasteiger partial charge in [0.05, 0.1) is 0 Å². The molecule has 0 aromatic heterocycles. The molecular formula is C57H100O6. The van der Waals surface area contributed by atoms with Gasteiger partial charge < -0.3 is 14.2 Å². The third-order valence-electron chi connectivity index (χ3n) is 11.4. The number of hydrogen-bond donors (Lipinski definition) is 0. The second kappa shape index (κ2) is 51.7. The van der Waals surface area contributed by atoms with Gasteiger partial charge in [0, 0.05) is 19.3 Å². The molecule has 0 saturated heterocycles. The fourth-order valence-corrected chi connectivity index (χ4v) is 7.39. The Balaban J connectivity index is 4.41. The fraction of sp³-hybridized carbons (Fsp3) is 0.772. The average Bonchev–Trinajstić information content (AvgIpc) is 3.28. The van der Waals surface area contributed by atoms with E-state index < -0.39 is 6.10 Å². The van der Waals surface area contributed by atoms with Gasteiger partial charge in [-0.1, -0.05) is 204 Å². The summed E-state index contributed by atoms with van der Waals surface area (Å²) in [6.07, 6.45) is 63.4. The molecule has 6 nitrogen and oxygen atoms in total. The van der Waals surface area contributed by atoms with Crippen LogP contribution in [0, 0.1) is 0 Å². The molecule has 0 unspecified atom stereocenters. The van der Waals surface area contributed by atoms with Gasteiger partial charge in [0.25, 0.3) is 0 Å². The van der Waals surface area contributed by atoms with Crippen LogP contribution in [0.3, 0.4) is 0 Å². The summed E-state index contributed by atoms with van der Waals surface area (Å²) in [5.74, 6) is -0.913. The molecule has 0 radical (unpaired) electrons. The van der Waals surface area contributed by atoms with Gasteiger partial charge in [0.1, 0.15) is 13.2 Å². The Labute approximate surface area is 390 Å². The molecule has 0 amide bonds. The molecular weight excluding hydrogens is 781 g/mol. The summed E-state index contributed by atoms with van der Waals surface area (Å²) in [5.41, 5.74) is 0. The summed E-state index contributed by atoms with van der Waals surface area (Å²) in [4.78, 5) is 38.0. The highest BCUT2D eigenvalue weighted by Gasteiger charge is 2.19. The second-order valence-electron chi connectivity index (χ2n) is 17.8. The first-order chi connectivity index (χ1) is 31.0. The Bertz CT molecular complexity index is 1150. The number of carbonyl (C=O) groups excluding carboxylic acids is 3. The van der Waals surface area contributed by atoms with Gasteiger partial charge in [-0.05, 0) is 103 Å². The fourth-order valence-electron chi connectivity index (χ4n) is 7.39. The van der Waals surface area contributed by atoms with E-state index in [4.69, 9.17) is 14.2 Å². The zero-order chi connectivity index (χ0) is 45.8. The van der Waals surface area contributed by atoms with Gasteiger partial charge in [-0.25, -0.2) is 0 Å². The van der Waals surface area contributed by atoms with Crippen molar-refractivity contribution in [1.29, 1.82) is 0 Å². The first kappa shape index (κ1) is 60.1. The maximum Gasteiger partial charge on any atom is 0.306 e. The Morgan fingerprint density at radius 1 is 0.317 bits per heavy atom. The summed E-state index contributed by atoms with van der Waals surface area (Å²) in [5, 5.41) is 0. The van der Waals surface area contributed by atoms with E-state index >= 15 is 0 Å². The van der Waals surface area contributed by atoms with Crippen LogP contribution in [-0.2, 0) is 28.6 Å². The lowest BCUT2D eigenvalue weighted by atomic mass is 10.1. The molecule has 6 heteroatoms. The number of unbranched alkanes of at least 4 members (excludes halogenated alkanes) is 27. The van der Waals surface area contributed by atoms with Gasteiger partial charge in [-0.3, -0.25) is 14.4 Å². The van der Waals surface area contributed by atoms with Crippen molar-refractivity contribution in [2.75, 3.05) is 13.2 Å². The minimum atomic E-state index is -0.787. The molecule has 0 aliphatic carbocycles. The average molecular weight is 881 g/mol. The SMILES string of the molecule is CCC/C=C\C/C=C\CCCCCCCC(=O)OC[C@H](COC(=O)CCCCCCC/C=C\C/C=C\CCCCC)OC(=O)CCCCCCCCC/C=C\CCCCCCCC. The molecule has 0 heterocycles. The van der Waals surface area contributed by atoms with E-state index in [9.17, 15) is 14.4 Å². The van der Waals surface area contributed by atoms with Crippen LogP contribution >= 0.6 is 0 Å². The van der Waals surface area contributed by atoms with Crippen molar-refractivity contribution in [3.8, 4) is 0 Å². The maximum absolute atomic E-state index is 12.8. The van der Waals surface area contributed by atoms with Crippen LogP contribution in [-0.4, -0.2) is 37.2 Å². The van der Waals surface area contributed by atoms with Gasteiger partial charge in [0.2, 0.25) is 0 Å². The largest absolute Gasteiger partial charge is 0.462 e. The molecule has 0 aliphatic heterocycles. The lowest BCUT2D eigenvalue weighted by Crippen LogP contribution is -2.30. The maximum atomic E-state index is 12.8. The summed E-state index contributed by atoms with van der Waals surface area (Å²) in [7, 11) is 0. The van der Waals surface area contributed by atoms with E-state index in [1.165, 1.54) is 122 Å². The predicted octanol–water partition coefficient (Wildman–Crippen LogP) is 17.6. The van der Waals surface area contributed by atoms with E-state index in [-0.39, 0.29) is 31.1 Å². The van der Waals surface area contributed by atoms with Crippen LogP contribution in [0.5, 0.6) is 0 Å². The Morgan fingerprint density at radius 3 is 0.984 bits per heavy atom. The quantitative estimate of drug-likeness (QED) is 0.0262. The normalized spacial score (nSPS) is 12.5. The highest BCUT2D eigenvalue weighted by Crippen LogP contribution is 2.14. The Kier molecular flexibility index (Phi) is 49.4. The minimum Gasteiger partial charge on any atom is -0.462 e. The van der Waals surface area contributed by atoms with Gasteiger partial charge in [0.15, 0.2) is 6.10 Å². The molecule has 1 atom stereocenters. The van der Waals surface area contributed by atoms with Crippen molar-refractivity contribution in [1.82, 2.24) is 0 Å². The first-order valence-corrected chi connectivity index (χ1v) is 26.8. The van der Waals surface area contributed by atoms with E-state index in [0.29, 0.717) is 19.3 Å². The summed E-state index contributed by atoms with van der Waals surface area (Å²) in [6, 6.07) is 0. The standard InChI is InChI=1S/C57H100O6/c1-4-7-10-13-16-19-22-25-27-28-30-33-36-39-42-45-48-51-57(60)63-54(52-61-55(58)49-46-43-40-37-34-31-24-21-18-15-12-9-6-3)53-62-56(59)50-47-44-41-38-35-32-29-26-23-20-17-14-11-8-5-2/h12,15,17,20-21,24-27,29,54H,4-11,13-14,16,18-19,22-23,28,30-53H2,1-3H3/b15-12-,20-17-,24-21-,27-25-,29-26-/t54-/m1/s1. The van der Waals surface area contributed by atoms with Crippen molar-refractivity contribution in [2.45, 2.75) is 271 Å². The Hall–Kier alpha value is -2.89. The smallest absolute Gasteiger partial charge is 0.306 e. The topological polar surface area (TPSA) is 78.9 Å². The number of carbonyl (C=O) groups is 3. The van der Waals surface area contributed by atoms with Crippen LogP contribution in [0.2, 0.25) is 0 Å². The summed E-state index contributed by atoms with van der Waals surface area (Å²) < 4.78 is 16.8. The van der Waals surface area contributed by atoms with Gasteiger partial charge in [-0.2, -0.15) is 0 Å². The molecule has 0 saturated carbocycles. The van der Waals surface area contributed by atoms with Crippen LogP contribution in [0.1, 0.15) is 265 Å². The number of hydrogen-bond acceptors (Lipinski definition) is 6. The van der Waals surface area contributed by atoms with Crippen molar-refractivity contribution in [3.05, 3.63) is 60.8 Å². The van der Waals surface area contributed by atoms with Gasteiger partial charge >= 0.3 is 17.9 Å². The van der Waals surface area contributed by atoms with Crippen molar-refractivity contribution in [3.63, 3.8) is 0 Å². The Morgan fingerprint density at radius 2 is 0.603 bits per heavy atom. The van der Waals surface area contributed by atoms with E-state index in [2.05, 4.69) is 81.5 Å². The number of esters is 3. The second-order valence-corrected chi connectivity index (χ2v) is 17.8. The van der Waals surface area contributed by atoms with Crippen molar-refractivity contribution < 1.29 is 28.6 Å². The lowest BCUT2D eigenvalue weighted by Gasteiger charge is -2.18. The molecule has 0 spiro atoms. The number of rotatable bonds is 48. The molecule has 63 heavy (non-hydrogen) atoms. The van der Waals surface area contributed by atoms with Crippen molar-refractivity contribution in [2.24, 2.45) is 0 Å². The van der Waals surface area contributed by atoms with E-state index in [1.807, 2.05) is 0 Å². The number of allylic oxidation sites excluding steroid dienone is 10. The monoisotopic (exact) mass is 881 g/mol. The zero-order valence-corrected chi connectivity index (χ0v) is 41.6. The molecule has 364 valence electrons. The van der Waals surface area contributed by atoms with Crippen molar-refractivity contribution >= 4 is 17.9 Å². The highest BCUT2D eigenvalue weighted by molar-refractivity contribution is 5.71. The summed E-state index contributed by atoms with van der Waals surface area (Å²) in [6.45, 7) is 6.53. The van der Waals surface area contributed by atoms with Gasteiger partial charge in [-0.15, -0.1) is 0 Å². The predicted molar refractivity (Wildman–Crippen MR) is 270 cm³/mol. The van der Waals surface area contributed by atoms with Crippen LogP contribution < -0.4 is 0 Å². The molecule has 0 rings (SSSR count). The molecule has 0 aromatic carbocycles. The van der Waals surface area contributed by atoms with E-state index in [0.717, 1.165) is 103 Å².